The second-order valence-corrected chi connectivity index (χ2v) is 11.5. The molecule has 1 heterocycles. The van der Waals surface area contributed by atoms with Gasteiger partial charge in [0.2, 0.25) is 11.8 Å². The number of carbonyl (C=O) groups excluding carboxylic acids is 4. The summed E-state index contributed by atoms with van der Waals surface area (Å²) >= 11 is 0. The zero-order valence-electron chi connectivity index (χ0n) is 24.3. The maximum atomic E-state index is 12.1. The van der Waals surface area contributed by atoms with Crippen molar-refractivity contribution in [3.05, 3.63) is 35.4 Å². The number of hydrogen-bond donors (Lipinski definition) is 0. The highest BCUT2D eigenvalue weighted by Gasteiger charge is 2.39. The summed E-state index contributed by atoms with van der Waals surface area (Å²) in [6.45, 7) is 16.8. The van der Waals surface area contributed by atoms with Crippen molar-refractivity contribution in [1.82, 2.24) is 4.90 Å². The maximum absolute atomic E-state index is 12.1. The van der Waals surface area contributed by atoms with Crippen LogP contribution in [0.15, 0.2) is 24.3 Å². The van der Waals surface area contributed by atoms with Gasteiger partial charge in [-0.25, -0.2) is 0 Å². The van der Waals surface area contributed by atoms with Gasteiger partial charge in [0.25, 0.3) is 0 Å². The van der Waals surface area contributed by atoms with Crippen molar-refractivity contribution >= 4 is 23.6 Å². The van der Waals surface area contributed by atoms with Crippen LogP contribution in [-0.4, -0.2) is 35.0 Å². The Labute approximate surface area is 224 Å². The van der Waals surface area contributed by atoms with Gasteiger partial charge in [0.05, 0.1) is 5.92 Å². The third-order valence-electron chi connectivity index (χ3n) is 6.55. The molecule has 1 aliphatic rings. The van der Waals surface area contributed by atoms with Crippen LogP contribution in [0, 0.1) is 29.6 Å². The van der Waals surface area contributed by atoms with Gasteiger partial charge in [-0.15, -0.1) is 0 Å². The van der Waals surface area contributed by atoms with Gasteiger partial charge in [0.15, 0.2) is 0 Å². The highest BCUT2D eigenvalue weighted by atomic mass is 16.5. The van der Waals surface area contributed by atoms with Crippen LogP contribution < -0.4 is 0 Å². The first-order chi connectivity index (χ1) is 17.3. The Bertz CT molecular complexity index is 870. The molecule has 0 aliphatic carbocycles. The van der Waals surface area contributed by atoms with E-state index in [9.17, 15) is 19.2 Å². The molecule has 0 saturated carbocycles. The molecule has 2 amide bonds. The average Bonchev–Trinajstić information content (AvgIpc) is 3.11. The summed E-state index contributed by atoms with van der Waals surface area (Å²) in [4.78, 5) is 48.1. The standard InChI is InChI=1S/C16H27NO3.C15H22O2/c1-11(2)13-10-15(19)17(16(13)20)9-7-5-6-8-14(18)12(3)4;1-11(2)9-13-5-7-14(8-6-13)10-17-15(16)12(3)4/h11-13H,5-10H2,1-4H3;5-8,11-12H,9-10H2,1-4H3. The van der Waals surface area contributed by atoms with E-state index in [2.05, 4.69) is 26.0 Å². The molecule has 1 aliphatic heterocycles. The van der Waals surface area contributed by atoms with Crippen molar-refractivity contribution in [3.63, 3.8) is 0 Å². The topological polar surface area (TPSA) is 80.8 Å². The number of rotatable bonds is 13. The molecule has 208 valence electrons. The zero-order chi connectivity index (χ0) is 28.1. The number of hydrogen-bond acceptors (Lipinski definition) is 5. The van der Waals surface area contributed by atoms with Crippen LogP contribution >= 0.6 is 0 Å². The van der Waals surface area contributed by atoms with E-state index in [0.717, 1.165) is 31.2 Å². The number of benzene rings is 1. The minimum Gasteiger partial charge on any atom is -0.461 e. The molecule has 1 unspecified atom stereocenters. The summed E-state index contributed by atoms with van der Waals surface area (Å²) in [7, 11) is 0. The first-order valence-electron chi connectivity index (χ1n) is 13.9. The summed E-state index contributed by atoms with van der Waals surface area (Å²) in [6.07, 6.45) is 4.60. The van der Waals surface area contributed by atoms with Crippen LogP contribution in [0.3, 0.4) is 0 Å². The van der Waals surface area contributed by atoms with E-state index in [0.29, 0.717) is 31.9 Å². The van der Waals surface area contributed by atoms with Crippen molar-refractivity contribution in [1.29, 1.82) is 0 Å². The van der Waals surface area contributed by atoms with Gasteiger partial charge in [-0.2, -0.15) is 0 Å². The Hall–Kier alpha value is -2.50. The van der Waals surface area contributed by atoms with Crippen LogP contribution in [0.25, 0.3) is 0 Å². The van der Waals surface area contributed by atoms with Gasteiger partial charge in [0.1, 0.15) is 12.4 Å². The number of imide groups is 1. The first-order valence-corrected chi connectivity index (χ1v) is 13.9. The molecule has 1 saturated heterocycles. The van der Waals surface area contributed by atoms with E-state index in [1.54, 1.807) is 0 Å². The van der Waals surface area contributed by atoms with E-state index in [4.69, 9.17) is 4.74 Å². The predicted molar refractivity (Wildman–Crippen MR) is 148 cm³/mol. The van der Waals surface area contributed by atoms with Crippen LogP contribution in [-0.2, 0) is 36.9 Å². The second kappa shape index (κ2) is 16.4. The average molecular weight is 516 g/mol. The highest BCUT2D eigenvalue weighted by Crippen LogP contribution is 2.26. The second-order valence-electron chi connectivity index (χ2n) is 11.5. The number of unbranched alkanes of at least 4 members (excludes halogenated alkanes) is 2. The summed E-state index contributed by atoms with van der Waals surface area (Å²) in [6, 6.07) is 8.29. The minimum absolute atomic E-state index is 0.0109. The fraction of sp³-hybridized carbons (Fsp3) is 0.677. The number of Topliss-reactive ketones (excluding diaryl/α,β-unsaturated/α-hetero) is 1. The molecule has 1 atom stereocenters. The van der Waals surface area contributed by atoms with E-state index in [1.165, 1.54) is 10.5 Å². The summed E-state index contributed by atoms with van der Waals surface area (Å²) in [5.41, 5.74) is 2.38. The van der Waals surface area contributed by atoms with Crippen molar-refractivity contribution in [2.75, 3.05) is 6.54 Å². The zero-order valence-corrected chi connectivity index (χ0v) is 24.3. The Morgan fingerprint density at radius 1 is 0.865 bits per heavy atom. The first kappa shape index (κ1) is 32.5. The van der Waals surface area contributed by atoms with Gasteiger partial charge in [-0.3, -0.25) is 24.1 Å². The molecule has 1 aromatic rings. The number of carbonyl (C=O) groups is 4. The molecular formula is C31H49NO5. The van der Waals surface area contributed by atoms with Gasteiger partial charge < -0.3 is 4.74 Å². The normalized spacial score (nSPS) is 15.6. The molecule has 0 radical (unpaired) electrons. The molecule has 0 spiro atoms. The van der Waals surface area contributed by atoms with Crippen molar-refractivity contribution in [3.8, 4) is 0 Å². The number of ketones is 1. The van der Waals surface area contributed by atoms with E-state index in [1.807, 2.05) is 53.7 Å². The molecule has 0 aromatic heterocycles. The molecule has 0 N–H and O–H groups in total. The molecule has 6 heteroatoms. The Balaban J connectivity index is 0.000000375. The lowest BCUT2D eigenvalue weighted by Crippen LogP contribution is -2.32. The fourth-order valence-electron chi connectivity index (χ4n) is 4.06. The summed E-state index contributed by atoms with van der Waals surface area (Å²) in [5, 5.41) is 0. The fourth-order valence-corrected chi connectivity index (χ4v) is 4.06. The molecule has 37 heavy (non-hydrogen) atoms. The molecule has 1 fully saturated rings. The number of likely N-dealkylation sites (tertiary alicyclic amines) is 1. The monoisotopic (exact) mass is 515 g/mol. The maximum Gasteiger partial charge on any atom is 0.308 e. The molecule has 2 rings (SSSR count). The largest absolute Gasteiger partial charge is 0.461 e. The van der Waals surface area contributed by atoms with Crippen LogP contribution in [0.1, 0.15) is 98.6 Å². The molecule has 1 aromatic carbocycles. The lowest BCUT2D eigenvalue weighted by atomic mass is 9.94. The third kappa shape index (κ3) is 12.1. The summed E-state index contributed by atoms with van der Waals surface area (Å²) in [5.74, 6) is 0.896. The third-order valence-corrected chi connectivity index (χ3v) is 6.55. The number of esters is 1. The number of nitrogens with zero attached hydrogens (tertiary/aromatic N) is 1. The van der Waals surface area contributed by atoms with Gasteiger partial charge in [0, 0.05) is 31.2 Å². The Morgan fingerprint density at radius 2 is 1.46 bits per heavy atom. The van der Waals surface area contributed by atoms with Crippen molar-refractivity contribution in [2.45, 2.75) is 101 Å². The van der Waals surface area contributed by atoms with Crippen LogP contribution in [0.2, 0.25) is 0 Å². The summed E-state index contributed by atoms with van der Waals surface area (Å²) < 4.78 is 5.17. The number of amides is 2. The van der Waals surface area contributed by atoms with E-state index >= 15 is 0 Å². The SMILES string of the molecule is CC(C)C(=O)CCCCCN1C(=O)CC(C(C)C)C1=O.CC(C)Cc1ccc(COC(=O)C(C)C)cc1. The Morgan fingerprint density at radius 3 is 1.95 bits per heavy atom. The van der Waals surface area contributed by atoms with Crippen molar-refractivity contribution in [2.24, 2.45) is 29.6 Å². The smallest absolute Gasteiger partial charge is 0.308 e. The highest BCUT2D eigenvalue weighted by molar-refractivity contribution is 6.03. The lowest BCUT2D eigenvalue weighted by Gasteiger charge is -2.16. The minimum atomic E-state index is -0.142. The van der Waals surface area contributed by atoms with E-state index < -0.39 is 0 Å². The predicted octanol–water partition coefficient (Wildman–Crippen LogP) is 6.39. The van der Waals surface area contributed by atoms with Crippen molar-refractivity contribution < 1.29 is 23.9 Å². The van der Waals surface area contributed by atoms with Crippen LogP contribution in [0.4, 0.5) is 0 Å². The van der Waals surface area contributed by atoms with Crippen LogP contribution in [0.5, 0.6) is 0 Å². The van der Waals surface area contributed by atoms with Gasteiger partial charge >= 0.3 is 5.97 Å². The Kier molecular flexibility index (Phi) is 14.4. The van der Waals surface area contributed by atoms with Gasteiger partial charge in [-0.05, 0) is 42.2 Å². The quantitative estimate of drug-likeness (QED) is 0.173. The number of ether oxygens (including phenoxy) is 1. The lowest BCUT2D eigenvalue weighted by molar-refractivity contribution is -0.148. The van der Waals surface area contributed by atoms with Gasteiger partial charge in [-0.1, -0.05) is 86.1 Å². The van der Waals surface area contributed by atoms with E-state index in [-0.39, 0.29) is 47.2 Å². The molecular weight excluding hydrogens is 466 g/mol. The molecule has 6 nitrogen and oxygen atoms in total. The molecule has 0 bridgehead atoms.